The van der Waals surface area contributed by atoms with E-state index in [1.807, 2.05) is 38.5 Å². The number of rotatable bonds is 7. The molecule has 0 spiro atoms. The zero-order chi connectivity index (χ0) is 14.4. The van der Waals surface area contributed by atoms with Gasteiger partial charge in [-0.15, -0.1) is 0 Å². The normalized spacial score (nSPS) is 10.8. The maximum absolute atomic E-state index is 5.32. The number of nitrogens with one attached hydrogen (secondary N) is 1. The third-order valence-corrected chi connectivity index (χ3v) is 3.29. The van der Waals surface area contributed by atoms with E-state index in [1.165, 1.54) is 5.69 Å². The van der Waals surface area contributed by atoms with Crippen LogP contribution in [0.1, 0.15) is 23.9 Å². The van der Waals surface area contributed by atoms with Crippen molar-refractivity contribution in [2.24, 2.45) is 0 Å². The summed E-state index contributed by atoms with van der Waals surface area (Å²) < 4.78 is 7.48. The lowest BCUT2D eigenvalue weighted by Crippen LogP contribution is -2.19. The molecule has 0 saturated heterocycles. The van der Waals surface area contributed by atoms with Gasteiger partial charge >= 0.3 is 0 Å². The van der Waals surface area contributed by atoms with Crippen LogP contribution in [0.3, 0.4) is 0 Å². The highest BCUT2D eigenvalue weighted by Crippen LogP contribution is 2.07. The van der Waals surface area contributed by atoms with Gasteiger partial charge in [0.2, 0.25) is 5.88 Å². The van der Waals surface area contributed by atoms with Crippen molar-refractivity contribution in [1.82, 2.24) is 19.9 Å². The molecule has 1 N–H and O–H groups in total. The van der Waals surface area contributed by atoms with Gasteiger partial charge in [-0.25, -0.2) is 9.97 Å². The molecule has 0 aliphatic heterocycles. The molecule has 0 atom stereocenters. The Morgan fingerprint density at radius 3 is 2.70 bits per heavy atom. The van der Waals surface area contributed by atoms with Gasteiger partial charge in [-0.2, -0.15) is 0 Å². The fourth-order valence-corrected chi connectivity index (χ4v) is 1.95. The molecule has 0 bridgehead atoms. The third kappa shape index (κ3) is 3.81. The quantitative estimate of drug-likeness (QED) is 0.785. The lowest BCUT2D eigenvalue weighted by atomic mass is 10.3. The van der Waals surface area contributed by atoms with Crippen molar-refractivity contribution in [1.29, 1.82) is 0 Å². The van der Waals surface area contributed by atoms with Crippen LogP contribution in [0.25, 0.3) is 0 Å². The van der Waals surface area contributed by atoms with Crippen LogP contribution in [0.4, 0.5) is 0 Å². The molecule has 2 aromatic rings. The number of hydrogen-bond acceptors (Lipinski definition) is 4. The Morgan fingerprint density at radius 1 is 1.25 bits per heavy atom. The summed E-state index contributed by atoms with van der Waals surface area (Å²) in [4.78, 5) is 8.54. The molecular weight excluding hydrogens is 252 g/mol. The summed E-state index contributed by atoms with van der Waals surface area (Å²) in [6, 6.07) is 3.95. The van der Waals surface area contributed by atoms with Gasteiger partial charge in [-0.05, 0) is 26.3 Å². The average molecular weight is 274 g/mol. The second-order valence-corrected chi connectivity index (χ2v) is 4.72. The first-order valence-corrected chi connectivity index (χ1v) is 6.97. The average Bonchev–Trinajstić information content (AvgIpc) is 2.77. The standard InChI is InChI=1S/C15H22N4O/c1-4-20-15-6-5-14(10-17-15)9-16-7-8-19-11-18-12(2)13(19)3/h5-6,10-11,16H,4,7-9H2,1-3H3. The summed E-state index contributed by atoms with van der Waals surface area (Å²) in [7, 11) is 0. The molecule has 2 heterocycles. The SMILES string of the molecule is CCOc1ccc(CNCCn2cnc(C)c2C)cn1. The van der Waals surface area contributed by atoms with Crippen LogP contribution in [-0.2, 0) is 13.1 Å². The summed E-state index contributed by atoms with van der Waals surface area (Å²) in [6.07, 6.45) is 3.75. The van der Waals surface area contributed by atoms with Gasteiger partial charge < -0.3 is 14.6 Å². The highest BCUT2D eigenvalue weighted by atomic mass is 16.5. The number of pyridine rings is 1. The highest BCUT2D eigenvalue weighted by Gasteiger charge is 2.01. The molecule has 0 radical (unpaired) electrons. The van der Waals surface area contributed by atoms with Crippen molar-refractivity contribution in [3.63, 3.8) is 0 Å². The van der Waals surface area contributed by atoms with Crippen LogP contribution >= 0.6 is 0 Å². The van der Waals surface area contributed by atoms with Crippen molar-refractivity contribution in [2.75, 3.05) is 13.2 Å². The molecule has 0 saturated carbocycles. The maximum Gasteiger partial charge on any atom is 0.213 e. The first-order valence-electron chi connectivity index (χ1n) is 6.97. The molecule has 5 heteroatoms. The lowest BCUT2D eigenvalue weighted by molar-refractivity contribution is 0.326. The van der Waals surface area contributed by atoms with Crippen LogP contribution in [0, 0.1) is 13.8 Å². The maximum atomic E-state index is 5.32. The number of aromatic nitrogens is 3. The number of ether oxygens (including phenoxy) is 1. The van der Waals surface area contributed by atoms with Gasteiger partial charge in [-0.1, -0.05) is 6.07 Å². The van der Waals surface area contributed by atoms with Gasteiger partial charge in [0.1, 0.15) is 0 Å². The Hall–Kier alpha value is -1.88. The molecule has 0 aliphatic rings. The molecule has 0 amide bonds. The Kier molecular flexibility index (Phi) is 5.12. The van der Waals surface area contributed by atoms with Crippen LogP contribution in [0.15, 0.2) is 24.7 Å². The zero-order valence-electron chi connectivity index (χ0n) is 12.4. The fourth-order valence-electron chi connectivity index (χ4n) is 1.95. The Morgan fingerprint density at radius 2 is 2.10 bits per heavy atom. The molecule has 0 fully saturated rings. The molecule has 108 valence electrons. The van der Waals surface area contributed by atoms with Crippen molar-refractivity contribution in [2.45, 2.75) is 33.9 Å². The summed E-state index contributed by atoms with van der Waals surface area (Å²) in [6.45, 7) is 9.38. The summed E-state index contributed by atoms with van der Waals surface area (Å²) in [5, 5.41) is 3.41. The van der Waals surface area contributed by atoms with Crippen molar-refractivity contribution in [3.05, 3.63) is 41.6 Å². The third-order valence-electron chi connectivity index (χ3n) is 3.29. The largest absolute Gasteiger partial charge is 0.478 e. The Bertz CT molecular complexity index is 533. The Labute approximate surface area is 120 Å². The van der Waals surface area contributed by atoms with E-state index in [9.17, 15) is 0 Å². The van der Waals surface area contributed by atoms with E-state index in [0.717, 1.165) is 30.9 Å². The molecule has 2 aromatic heterocycles. The van der Waals surface area contributed by atoms with Gasteiger partial charge in [0, 0.05) is 37.6 Å². The molecule has 0 aliphatic carbocycles. The van der Waals surface area contributed by atoms with Crippen LogP contribution in [0.5, 0.6) is 5.88 Å². The Balaban J connectivity index is 1.74. The molecule has 0 unspecified atom stereocenters. The minimum atomic E-state index is 0.647. The summed E-state index contributed by atoms with van der Waals surface area (Å²) in [5.74, 6) is 0.681. The van der Waals surface area contributed by atoms with E-state index in [4.69, 9.17) is 4.74 Å². The molecule has 2 rings (SSSR count). The summed E-state index contributed by atoms with van der Waals surface area (Å²) in [5.41, 5.74) is 3.49. The van der Waals surface area contributed by atoms with Gasteiger partial charge in [0.15, 0.2) is 0 Å². The smallest absolute Gasteiger partial charge is 0.213 e. The minimum absolute atomic E-state index is 0.647. The highest BCUT2D eigenvalue weighted by molar-refractivity contribution is 5.17. The molecule has 0 aromatic carbocycles. The van der Waals surface area contributed by atoms with E-state index < -0.39 is 0 Å². The molecule has 20 heavy (non-hydrogen) atoms. The van der Waals surface area contributed by atoms with Gasteiger partial charge in [0.05, 0.1) is 18.6 Å². The first-order chi connectivity index (χ1) is 9.70. The van der Waals surface area contributed by atoms with Crippen molar-refractivity contribution < 1.29 is 4.74 Å². The number of nitrogens with zero attached hydrogens (tertiary/aromatic N) is 3. The minimum Gasteiger partial charge on any atom is -0.478 e. The van der Waals surface area contributed by atoms with Gasteiger partial charge in [-0.3, -0.25) is 0 Å². The number of aryl methyl sites for hydroxylation is 1. The van der Waals surface area contributed by atoms with Crippen LogP contribution in [0.2, 0.25) is 0 Å². The topological polar surface area (TPSA) is 52.0 Å². The number of imidazole rings is 1. The zero-order valence-corrected chi connectivity index (χ0v) is 12.4. The van der Waals surface area contributed by atoms with Gasteiger partial charge in [0.25, 0.3) is 0 Å². The van der Waals surface area contributed by atoms with E-state index >= 15 is 0 Å². The van der Waals surface area contributed by atoms with Crippen molar-refractivity contribution >= 4 is 0 Å². The van der Waals surface area contributed by atoms with Crippen LogP contribution < -0.4 is 10.1 Å². The van der Waals surface area contributed by atoms with E-state index in [2.05, 4.69) is 26.8 Å². The van der Waals surface area contributed by atoms with Crippen molar-refractivity contribution in [3.8, 4) is 5.88 Å². The predicted octanol–water partition coefficient (Wildman–Crippen LogP) is 2.08. The molecular formula is C15H22N4O. The first kappa shape index (κ1) is 14.5. The second kappa shape index (κ2) is 7.05. The van der Waals surface area contributed by atoms with E-state index in [1.54, 1.807) is 0 Å². The monoisotopic (exact) mass is 274 g/mol. The molecule has 5 nitrogen and oxygen atoms in total. The van der Waals surface area contributed by atoms with E-state index in [-0.39, 0.29) is 0 Å². The lowest BCUT2D eigenvalue weighted by Gasteiger charge is -2.08. The second-order valence-electron chi connectivity index (χ2n) is 4.72. The summed E-state index contributed by atoms with van der Waals surface area (Å²) >= 11 is 0. The van der Waals surface area contributed by atoms with E-state index in [0.29, 0.717) is 12.5 Å². The number of hydrogen-bond donors (Lipinski definition) is 1. The predicted molar refractivity (Wildman–Crippen MR) is 78.8 cm³/mol. The van der Waals surface area contributed by atoms with Crippen LogP contribution in [-0.4, -0.2) is 27.7 Å². The fraction of sp³-hybridized carbons (Fsp3) is 0.467.